The van der Waals surface area contributed by atoms with E-state index in [4.69, 9.17) is 4.74 Å². The molecule has 1 N–H and O–H groups in total. The maximum absolute atomic E-state index is 11.7. The van der Waals surface area contributed by atoms with Gasteiger partial charge < -0.3 is 19.6 Å². The van der Waals surface area contributed by atoms with Crippen LogP contribution in [-0.4, -0.2) is 58.3 Å². The molecule has 0 radical (unpaired) electrons. The van der Waals surface area contributed by atoms with Gasteiger partial charge in [-0.15, -0.1) is 11.3 Å². The lowest BCUT2D eigenvalue weighted by atomic mass is 10.3. The van der Waals surface area contributed by atoms with Gasteiger partial charge in [0.05, 0.1) is 18.9 Å². The Hall–Kier alpha value is -1.80. The Morgan fingerprint density at radius 1 is 1.43 bits per heavy atom. The van der Waals surface area contributed by atoms with Crippen molar-refractivity contribution in [3.8, 4) is 0 Å². The van der Waals surface area contributed by atoms with Crippen molar-refractivity contribution in [1.82, 2.24) is 14.3 Å². The molecule has 21 heavy (non-hydrogen) atoms. The Labute approximate surface area is 126 Å². The number of thiazole rings is 1. The number of piperazine rings is 1. The summed E-state index contributed by atoms with van der Waals surface area (Å²) in [6, 6.07) is 0. The Morgan fingerprint density at radius 2 is 2.19 bits per heavy atom. The molecule has 0 aromatic carbocycles. The molecule has 1 saturated heterocycles. The first-order valence-corrected chi connectivity index (χ1v) is 7.84. The second-order valence-electron chi connectivity index (χ2n) is 4.77. The monoisotopic (exact) mass is 310 g/mol. The maximum atomic E-state index is 11.7. The molecule has 0 aliphatic carbocycles. The lowest BCUT2D eigenvalue weighted by Crippen LogP contribution is -2.49. The van der Waals surface area contributed by atoms with Crippen LogP contribution in [0.15, 0.2) is 11.6 Å². The van der Waals surface area contributed by atoms with E-state index >= 15 is 0 Å². The van der Waals surface area contributed by atoms with Crippen molar-refractivity contribution >= 4 is 28.2 Å². The van der Waals surface area contributed by atoms with E-state index in [-0.39, 0.29) is 12.7 Å². The fraction of sp³-hybridized carbons (Fsp3) is 0.538. The van der Waals surface area contributed by atoms with Crippen LogP contribution in [0.5, 0.6) is 0 Å². The van der Waals surface area contributed by atoms with Gasteiger partial charge >= 0.3 is 6.09 Å². The zero-order valence-electron chi connectivity index (χ0n) is 11.9. The molecular weight excluding hydrogens is 292 g/mol. The topological polar surface area (TPSA) is 70.3 Å². The van der Waals surface area contributed by atoms with E-state index in [9.17, 15) is 9.90 Å². The van der Waals surface area contributed by atoms with Gasteiger partial charge in [0.1, 0.15) is 0 Å². The molecule has 114 valence electrons. The number of ether oxygens (including phenoxy) is 1. The van der Waals surface area contributed by atoms with Crippen LogP contribution in [0.1, 0.15) is 12.6 Å². The molecule has 0 bridgehead atoms. The van der Waals surface area contributed by atoms with Crippen molar-refractivity contribution in [1.29, 1.82) is 0 Å². The number of aliphatic hydroxyl groups excluding tert-OH is 1. The molecule has 3 rings (SSSR count). The quantitative estimate of drug-likeness (QED) is 0.921. The van der Waals surface area contributed by atoms with Gasteiger partial charge in [0.2, 0.25) is 0 Å². The summed E-state index contributed by atoms with van der Waals surface area (Å²) < 4.78 is 6.93. The van der Waals surface area contributed by atoms with Gasteiger partial charge in [-0.05, 0) is 6.92 Å². The van der Waals surface area contributed by atoms with E-state index in [0.29, 0.717) is 32.8 Å². The van der Waals surface area contributed by atoms with E-state index in [0.717, 1.165) is 16.5 Å². The van der Waals surface area contributed by atoms with Gasteiger partial charge in [-0.1, -0.05) is 0 Å². The average molecular weight is 310 g/mol. The number of carbonyl (C=O) groups excluding carboxylic acids is 1. The second kappa shape index (κ2) is 5.90. The first-order chi connectivity index (χ1) is 10.2. The summed E-state index contributed by atoms with van der Waals surface area (Å²) in [6.45, 7) is 4.74. The minimum absolute atomic E-state index is 0.0503. The molecule has 0 saturated carbocycles. The lowest BCUT2D eigenvalue weighted by Gasteiger charge is -2.34. The smallest absolute Gasteiger partial charge is 0.409 e. The molecule has 0 unspecified atom stereocenters. The van der Waals surface area contributed by atoms with Crippen molar-refractivity contribution in [2.75, 3.05) is 37.7 Å². The van der Waals surface area contributed by atoms with Gasteiger partial charge in [0, 0.05) is 37.8 Å². The van der Waals surface area contributed by atoms with E-state index < -0.39 is 0 Å². The van der Waals surface area contributed by atoms with Crippen molar-refractivity contribution < 1.29 is 14.6 Å². The van der Waals surface area contributed by atoms with Gasteiger partial charge in [0.15, 0.2) is 10.8 Å². The third-order valence-electron chi connectivity index (χ3n) is 3.59. The zero-order chi connectivity index (χ0) is 14.8. The summed E-state index contributed by atoms with van der Waals surface area (Å²) in [4.78, 5) is 21.0. The summed E-state index contributed by atoms with van der Waals surface area (Å²) in [5.74, 6) is 0.813. The highest BCUT2D eigenvalue weighted by molar-refractivity contribution is 7.15. The predicted octanol–water partition coefficient (Wildman–Crippen LogP) is 1.17. The zero-order valence-corrected chi connectivity index (χ0v) is 12.7. The molecule has 1 fully saturated rings. The van der Waals surface area contributed by atoms with Crippen molar-refractivity contribution in [3.63, 3.8) is 0 Å². The summed E-state index contributed by atoms with van der Waals surface area (Å²) in [5.41, 5.74) is 0.802. The number of carbonyl (C=O) groups is 1. The van der Waals surface area contributed by atoms with E-state index in [1.165, 1.54) is 0 Å². The Balaban J connectivity index is 1.73. The standard InChI is InChI=1S/C13H18N4O3S/c1-2-20-13(19)16-5-3-15(4-6-16)11-10(9-18)17-7-8-21-12(17)14-11/h7-8,18H,2-6,9H2,1H3. The molecule has 2 aromatic heterocycles. The minimum Gasteiger partial charge on any atom is -0.450 e. The maximum Gasteiger partial charge on any atom is 0.409 e. The Kier molecular flexibility index (Phi) is 3.98. The molecule has 8 heteroatoms. The van der Waals surface area contributed by atoms with Gasteiger partial charge in [-0.3, -0.25) is 4.40 Å². The van der Waals surface area contributed by atoms with Crippen molar-refractivity contribution in [2.24, 2.45) is 0 Å². The van der Waals surface area contributed by atoms with Gasteiger partial charge in [-0.2, -0.15) is 0 Å². The number of fused-ring (bicyclic) bond motifs is 1. The number of anilines is 1. The number of rotatable bonds is 3. The number of amides is 1. The van der Waals surface area contributed by atoms with Crippen LogP contribution in [0.3, 0.4) is 0 Å². The first-order valence-electron chi connectivity index (χ1n) is 6.96. The molecule has 0 atom stereocenters. The number of imidazole rings is 1. The molecule has 0 spiro atoms. The highest BCUT2D eigenvalue weighted by Gasteiger charge is 2.25. The Bertz CT molecular complexity index is 630. The molecule has 3 heterocycles. The van der Waals surface area contributed by atoms with Crippen LogP contribution in [-0.2, 0) is 11.3 Å². The number of hydrogen-bond acceptors (Lipinski definition) is 6. The Morgan fingerprint density at radius 3 is 2.86 bits per heavy atom. The number of aliphatic hydroxyl groups is 1. The second-order valence-corrected chi connectivity index (χ2v) is 5.64. The van der Waals surface area contributed by atoms with Crippen LogP contribution in [0.2, 0.25) is 0 Å². The summed E-state index contributed by atoms with van der Waals surface area (Å²) in [7, 11) is 0. The minimum atomic E-state index is -0.259. The van der Waals surface area contributed by atoms with Crippen LogP contribution in [0, 0.1) is 0 Å². The average Bonchev–Trinajstić information content (AvgIpc) is 3.08. The van der Waals surface area contributed by atoms with Crippen molar-refractivity contribution in [2.45, 2.75) is 13.5 Å². The van der Waals surface area contributed by atoms with Crippen molar-refractivity contribution in [3.05, 3.63) is 17.3 Å². The SMILES string of the molecule is CCOC(=O)N1CCN(c2nc3sccn3c2CO)CC1. The van der Waals surface area contributed by atoms with Gasteiger partial charge in [0.25, 0.3) is 0 Å². The highest BCUT2D eigenvalue weighted by atomic mass is 32.1. The third-order valence-corrected chi connectivity index (χ3v) is 4.35. The summed E-state index contributed by atoms with van der Waals surface area (Å²) >= 11 is 1.54. The van der Waals surface area contributed by atoms with E-state index in [1.807, 2.05) is 16.0 Å². The molecular formula is C13H18N4O3S. The molecule has 1 aliphatic rings. The van der Waals surface area contributed by atoms with E-state index in [1.54, 1.807) is 23.2 Å². The van der Waals surface area contributed by atoms with Crippen LogP contribution < -0.4 is 4.90 Å². The van der Waals surface area contributed by atoms with Crippen LogP contribution in [0.4, 0.5) is 10.6 Å². The number of nitrogens with zero attached hydrogens (tertiary/aromatic N) is 4. The molecule has 2 aromatic rings. The fourth-order valence-electron chi connectivity index (χ4n) is 2.54. The molecule has 1 aliphatic heterocycles. The normalized spacial score (nSPS) is 15.7. The highest BCUT2D eigenvalue weighted by Crippen LogP contribution is 2.25. The van der Waals surface area contributed by atoms with E-state index in [2.05, 4.69) is 9.88 Å². The number of aromatic nitrogens is 2. The van der Waals surface area contributed by atoms with Crippen LogP contribution in [0.25, 0.3) is 4.96 Å². The summed E-state index contributed by atoms with van der Waals surface area (Å²) in [6.07, 6.45) is 1.65. The van der Waals surface area contributed by atoms with Gasteiger partial charge in [-0.25, -0.2) is 9.78 Å². The molecule has 1 amide bonds. The first kappa shape index (κ1) is 14.2. The lowest BCUT2D eigenvalue weighted by molar-refractivity contribution is 0.105. The predicted molar refractivity (Wildman–Crippen MR) is 79.8 cm³/mol. The third kappa shape index (κ3) is 2.56. The fourth-order valence-corrected chi connectivity index (χ4v) is 3.26. The largest absolute Gasteiger partial charge is 0.450 e. The summed E-state index contributed by atoms with van der Waals surface area (Å²) in [5, 5.41) is 11.5. The van der Waals surface area contributed by atoms with Crippen LogP contribution >= 0.6 is 11.3 Å². The molecule has 7 nitrogen and oxygen atoms in total. The number of hydrogen-bond donors (Lipinski definition) is 1.